The SMILES string of the molecule is Cc1nn(C)cc1NC(=O)C1CNc2ccccc21. The summed E-state index contributed by atoms with van der Waals surface area (Å²) in [7, 11) is 1.84. The third kappa shape index (κ3) is 2.07. The van der Waals surface area contributed by atoms with E-state index in [1.54, 1.807) is 4.68 Å². The van der Waals surface area contributed by atoms with Gasteiger partial charge in [-0.25, -0.2) is 0 Å². The molecule has 1 aromatic heterocycles. The Morgan fingerprint density at radius 2 is 2.26 bits per heavy atom. The lowest BCUT2D eigenvalue weighted by Crippen LogP contribution is -2.22. The molecule has 1 atom stereocenters. The molecule has 1 aliphatic heterocycles. The van der Waals surface area contributed by atoms with Gasteiger partial charge in [-0.15, -0.1) is 0 Å². The highest BCUT2D eigenvalue weighted by Crippen LogP contribution is 2.31. The van der Waals surface area contributed by atoms with Gasteiger partial charge in [-0.3, -0.25) is 9.48 Å². The maximum Gasteiger partial charge on any atom is 0.233 e. The van der Waals surface area contributed by atoms with Crippen molar-refractivity contribution >= 4 is 17.3 Å². The molecule has 5 heteroatoms. The minimum atomic E-state index is -0.143. The topological polar surface area (TPSA) is 59.0 Å². The van der Waals surface area contributed by atoms with Gasteiger partial charge in [0.05, 0.1) is 17.3 Å². The van der Waals surface area contributed by atoms with Crippen LogP contribution in [0.2, 0.25) is 0 Å². The second-order valence-corrected chi connectivity index (χ2v) is 4.81. The molecule has 0 radical (unpaired) electrons. The Bertz CT molecular complexity index is 632. The Kier molecular flexibility index (Phi) is 2.74. The van der Waals surface area contributed by atoms with Gasteiger partial charge in [0.2, 0.25) is 5.91 Å². The third-order valence-electron chi connectivity index (χ3n) is 3.42. The van der Waals surface area contributed by atoms with Crippen LogP contribution in [-0.2, 0) is 11.8 Å². The van der Waals surface area contributed by atoms with Crippen molar-refractivity contribution in [3.05, 3.63) is 41.7 Å². The van der Waals surface area contributed by atoms with Crippen LogP contribution in [0.1, 0.15) is 17.2 Å². The smallest absolute Gasteiger partial charge is 0.233 e. The lowest BCUT2D eigenvalue weighted by Gasteiger charge is -2.10. The molecule has 1 aromatic carbocycles. The highest BCUT2D eigenvalue weighted by molar-refractivity contribution is 5.98. The van der Waals surface area contributed by atoms with Crippen molar-refractivity contribution in [1.29, 1.82) is 0 Å². The first kappa shape index (κ1) is 11.8. The number of carbonyl (C=O) groups excluding carboxylic acids is 1. The minimum absolute atomic E-state index is 0.00792. The van der Waals surface area contributed by atoms with Gasteiger partial charge in [-0.1, -0.05) is 18.2 Å². The molecule has 19 heavy (non-hydrogen) atoms. The van der Waals surface area contributed by atoms with E-state index in [1.165, 1.54) is 0 Å². The van der Waals surface area contributed by atoms with Crippen LogP contribution in [0.25, 0.3) is 0 Å². The Morgan fingerprint density at radius 3 is 3.00 bits per heavy atom. The normalized spacial score (nSPS) is 16.8. The molecule has 0 aliphatic carbocycles. The predicted octanol–water partition coefficient (Wildman–Crippen LogP) is 1.88. The highest BCUT2D eigenvalue weighted by atomic mass is 16.1. The molecule has 2 aromatic rings. The summed E-state index contributed by atoms with van der Waals surface area (Å²) in [6.07, 6.45) is 1.82. The molecule has 2 N–H and O–H groups in total. The maximum absolute atomic E-state index is 12.4. The van der Waals surface area contributed by atoms with Gasteiger partial charge in [0.15, 0.2) is 0 Å². The van der Waals surface area contributed by atoms with Crippen LogP contribution < -0.4 is 10.6 Å². The van der Waals surface area contributed by atoms with Gasteiger partial charge in [-0.05, 0) is 18.6 Å². The molecule has 0 saturated carbocycles. The largest absolute Gasteiger partial charge is 0.384 e. The van der Waals surface area contributed by atoms with Crippen LogP contribution in [0, 0.1) is 6.92 Å². The van der Waals surface area contributed by atoms with E-state index in [9.17, 15) is 4.79 Å². The number of amides is 1. The van der Waals surface area contributed by atoms with Gasteiger partial charge in [0, 0.05) is 25.5 Å². The van der Waals surface area contributed by atoms with Gasteiger partial charge in [0.1, 0.15) is 0 Å². The van der Waals surface area contributed by atoms with Crippen molar-refractivity contribution in [2.45, 2.75) is 12.8 Å². The number of aromatic nitrogens is 2. The van der Waals surface area contributed by atoms with E-state index >= 15 is 0 Å². The van der Waals surface area contributed by atoms with Gasteiger partial charge >= 0.3 is 0 Å². The fourth-order valence-corrected chi connectivity index (χ4v) is 2.46. The van der Waals surface area contributed by atoms with Gasteiger partial charge in [0.25, 0.3) is 0 Å². The standard InChI is InChI=1S/C14H16N4O/c1-9-13(8-18(2)17-9)16-14(19)11-7-15-12-6-4-3-5-10(11)12/h3-6,8,11,15H,7H2,1-2H3,(H,16,19). The van der Waals surface area contributed by atoms with Crippen molar-refractivity contribution in [3.63, 3.8) is 0 Å². The number of carbonyl (C=O) groups is 1. The third-order valence-corrected chi connectivity index (χ3v) is 3.42. The number of anilines is 2. The summed E-state index contributed by atoms with van der Waals surface area (Å²) in [5, 5.41) is 10.4. The number of hydrogen-bond acceptors (Lipinski definition) is 3. The Labute approximate surface area is 111 Å². The zero-order valence-electron chi connectivity index (χ0n) is 11.0. The van der Waals surface area contributed by atoms with E-state index in [-0.39, 0.29) is 11.8 Å². The highest BCUT2D eigenvalue weighted by Gasteiger charge is 2.28. The first-order valence-corrected chi connectivity index (χ1v) is 6.29. The van der Waals surface area contributed by atoms with E-state index in [0.29, 0.717) is 6.54 Å². The molecule has 0 bridgehead atoms. The Morgan fingerprint density at radius 1 is 1.47 bits per heavy atom. The molecule has 1 unspecified atom stereocenters. The van der Waals surface area contributed by atoms with Crippen LogP contribution in [0.3, 0.4) is 0 Å². The summed E-state index contributed by atoms with van der Waals surface area (Å²) < 4.78 is 1.70. The van der Waals surface area contributed by atoms with Crippen molar-refractivity contribution in [2.75, 3.05) is 17.2 Å². The fraction of sp³-hybridized carbons (Fsp3) is 0.286. The van der Waals surface area contributed by atoms with Gasteiger partial charge in [-0.2, -0.15) is 5.10 Å². The van der Waals surface area contributed by atoms with Crippen LogP contribution in [0.5, 0.6) is 0 Å². The van der Waals surface area contributed by atoms with E-state index < -0.39 is 0 Å². The monoisotopic (exact) mass is 256 g/mol. The molecule has 3 rings (SSSR count). The Hall–Kier alpha value is -2.30. The summed E-state index contributed by atoms with van der Waals surface area (Å²) in [4.78, 5) is 12.4. The number of rotatable bonds is 2. The average molecular weight is 256 g/mol. The second kappa shape index (κ2) is 4.42. The zero-order valence-corrected chi connectivity index (χ0v) is 11.0. The molecular weight excluding hydrogens is 240 g/mol. The minimum Gasteiger partial charge on any atom is -0.384 e. The number of nitrogens with zero attached hydrogens (tertiary/aromatic N) is 2. The molecule has 98 valence electrons. The molecule has 2 heterocycles. The maximum atomic E-state index is 12.4. The lowest BCUT2D eigenvalue weighted by molar-refractivity contribution is -0.117. The number of para-hydroxylation sites is 1. The lowest BCUT2D eigenvalue weighted by atomic mass is 10.0. The molecule has 5 nitrogen and oxygen atoms in total. The van der Waals surface area contributed by atoms with E-state index in [2.05, 4.69) is 15.7 Å². The molecule has 0 spiro atoms. The number of nitrogens with one attached hydrogen (secondary N) is 2. The van der Waals surface area contributed by atoms with E-state index in [4.69, 9.17) is 0 Å². The van der Waals surface area contributed by atoms with E-state index in [0.717, 1.165) is 22.6 Å². The van der Waals surface area contributed by atoms with Crippen LogP contribution >= 0.6 is 0 Å². The molecule has 0 saturated heterocycles. The molecule has 1 amide bonds. The quantitative estimate of drug-likeness (QED) is 0.862. The zero-order chi connectivity index (χ0) is 13.4. The number of aryl methyl sites for hydroxylation is 2. The summed E-state index contributed by atoms with van der Waals surface area (Å²) in [5.41, 5.74) is 3.71. The number of benzene rings is 1. The van der Waals surface area contributed by atoms with Crippen LogP contribution in [-0.4, -0.2) is 22.2 Å². The molecular formula is C14H16N4O. The Balaban J connectivity index is 1.81. The first-order chi connectivity index (χ1) is 9.15. The van der Waals surface area contributed by atoms with Crippen molar-refractivity contribution in [3.8, 4) is 0 Å². The second-order valence-electron chi connectivity index (χ2n) is 4.81. The first-order valence-electron chi connectivity index (χ1n) is 6.29. The van der Waals surface area contributed by atoms with Crippen molar-refractivity contribution < 1.29 is 4.79 Å². The predicted molar refractivity (Wildman–Crippen MR) is 74.2 cm³/mol. The average Bonchev–Trinajstić information content (AvgIpc) is 2.93. The summed E-state index contributed by atoms with van der Waals surface area (Å²) in [6.45, 7) is 2.53. The van der Waals surface area contributed by atoms with Crippen LogP contribution in [0.15, 0.2) is 30.5 Å². The number of fused-ring (bicyclic) bond motifs is 1. The van der Waals surface area contributed by atoms with Crippen molar-refractivity contribution in [1.82, 2.24) is 9.78 Å². The van der Waals surface area contributed by atoms with Gasteiger partial charge < -0.3 is 10.6 Å². The fourth-order valence-electron chi connectivity index (χ4n) is 2.46. The molecule has 1 aliphatic rings. The van der Waals surface area contributed by atoms with E-state index in [1.807, 2.05) is 44.4 Å². The summed E-state index contributed by atoms with van der Waals surface area (Å²) in [6, 6.07) is 7.92. The summed E-state index contributed by atoms with van der Waals surface area (Å²) in [5.74, 6) is -0.135. The summed E-state index contributed by atoms with van der Waals surface area (Å²) >= 11 is 0. The molecule has 0 fully saturated rings. The van der Waals surface area contributed by atoms with Crippen molar-refractivity contribution in [2.24, 2.45) is 7.05 Å². The van der Waals surface area contributed by atoms with Crippen LogP contribution in [0.4, 0.5) is 11.4 Å². The number of hydrogen-bond donors (Lipinski definition) is 2.